The van der Waals surface area contributed by atoms with Crippen molar-refractivity contribution in [2.45, 2.75) is 328 Å². The normalized spacial score (nSPS) is 13.4. The van der Waals surface area contributed by atoms with E-state index in [0.717, 1.165) is 32.1 Å². The number of allylic oxidation sites excluding steroid dienone is 2. The van der Waals surface area contributed by atoms with E-state index in [9.17, 15) is 14.3 Å². The first kappa shape index (κ1) is 70.2. The highest BCUT2D eigenvalue weighted by Gasteiger charge is 2.26. The topological polar surface area (TPSA) is 91.3 Å². The fourth-order valence-electron chi connectivity index (χ4n) is 9.49. The summed E-state index contributed by atoms with van der Waals surface area (Å²) in [6.07, 6.45) is 67.2. The zero-order valence-corrected chi connectivity index (χ0v) is 49.4. The number of hydrogen-bond acceptors (Lipinski definition) is 6. The Kier molecular flexibility index (Phi) is 54.9. The highest BCUT2D eigenvalue weighted by Crippen LogP contribution is 2.43. The van der Waals surface area contributed by atoms with Crippen molar-refractivity contribution in [2.24, 2.45) is 0 Å². The van der Waals surface area contributed by atoms with E-state index >= 15 is 0 Å². The molecule has 0 rings (SSSR count). The number of unbranched alkanes of at least 4 members (excludes halogenated alkanes) is 44. The summed E-state index contributed by atoms with van der Waals surface area (Å²) < 4.78 is 35.4. The molecule has 424 valence electrons. The Morgan fingerprint density at radius 2 is 0.732 bits per heavy atom. The second-order valence-electron chi connectivity index (χ2n) is 22.8. The van der Waals surface area contributed by atoms with Crippen LogP contribution in [-0.4, -0.2) is 75.6 Å². The van der Waals surface area contributed by atoms with E-state index in [2.05, 4.69) is 26.0 Å². The molecule has 0 aliphatic rings. The van der Waals surface area contributed by atoms with Crippen LogP contribution >= 0.6 is 7.82 Å². The van der Waals surface area contributed by atoms with E-state index in [4.69, 9.17) is 18.5 Å². The number of likely N-dealkylation sites (N-methyl/N-ethyl adjacent to an activating group) is 1. The molecule has 0 saturated carbocycles. The Bertz CT molecular complexity index is 1150. The van der Waals surface area contributed by atoms with Crippen molar-refractivity contribution in [3.05, 3.63) is 12.2 Å². The third kappa shape index (κ3) is 60.0. The number of ether oxygens (including phenoxy) is 2. The number of nitrogens with zero attached hydrogens (tertiary/aromatic N) is 1. The predicted octanol–water partition coefficient (Wildman–Crippen LogP) is 20.1. The molecule has 0 aliphatic heterocycles. The lowest BCUT2D eigenvalue weighted by molar-refractivity contribution is -0.870. The van der Waals surface area contributed by atoms with Crippen LogP contribution in [0.15, 0.2) is 12.2 Å². The summed E-state index contributed by atoms with van der Waals surface area (Å²) in [6, 6.07) is 0. The minimum absolute atomic E-state index is 0.0931. The minimum atomic E-state index is -4.28. The average molecular weight is 1030 g/mol. The summed E-state index contributed by atoms with van der Waals surface area (Å²) in [5, 5.41) is 0. The molecule has 0 spiro atoms. The van der Waals surface area contributed by atoms with E-state index in [1.54, 1.807) is 0 Å². The van der Waals surface area contributed by atoms with Gasteiger partial charge in [0.05, 0.1) is 34.4 Å². The molecule has 0 heterocycles. The lowest BCUT2D eigenvalue weighted by Gasteiger charge is -2.24. The first-order chi connectivity index (χ1) is 34.6. The molecule has 2 unspecified atom stereocenters. The third-order valence-electron chi connectivity index (χ3n) is 14.3. The van der Waals surface area contributed by atoms with Crippen LogP contribution in [-0.2, 0) is 27.9 Å². The van der Waals surface area contributed by atoms with Gasteiger partial charge in [0.25, 0.3) is 0 Å². The van der Waals surface area contributed by atoms with Gasteiger partial charge < -0.3 is 18.9 Å². The van der Waals surface area contributed by atoms with Gasteiger partial charge in [0.1, 0.15) is 19.3 Å². The Hall–Kier alpha value is -0.760. The number of rotatable bonds is 60. The van der Waals surface area contributed by atoms with Gasteiger partial charge >= 0.3 is 13.8 Å². The SMILES string of the molecule is CCCCCCCCCC/C=C\CCCCCCCCCCCCCCCCOCC(COP(=O)(O)OCC[N+](C)(C)C)OC(=O)CCCCCCCCCCCCCCCCCCCCCCCCC. The Labute approximate surface area is 443 Å². The molecule has 8 nitrogen and oxygen atoms in total. The Morgan fingerprint density at radius 1 is 0.423 bits per heavy atom. The molecular weight excluding hydrogens is 902 g/mol. The van der Waals surface area contributed by atoms with Crippen molar-refractivity contribution >= 4 is 13.8 Å². The smallest absolute Gasteiger partial charge is 0.457 e. The van der Waals surface area contributed by atoms with Gasteiger partial charge in [-0.05, 0) is 38.5 Å². The predicted molar refractivity (Wildman–Crippen MR) is 307 cm³/mol. The summed E-state index contributed by atoms with van der Waals surface area (Å²) in [5.74, 6) is -0.303. The molecule has 0 bridgehead atoms. The third-order valence-corrected chi connectivity index (χ3v) is 15.3. The van der Waals surface area contributed by atoms with E-state index in [0.29, 0.717) is 24.1 Å². The van der Waals surface area contributed by atoms with Crippen LogP contribution in [0.1, 0.15) is 322 Å². The molecule has 9 heteroatoms. The minimum Gasteiger partial charge on any atom is -0.457 e. The molecule has 1 N–H and O–H groups in total. The maximum atomic E-state index is 12.8. The molecule has 0 fully saturated rings. The van der Waals surface area contributed by atoms with Gasteiger partial charge in [0.15, 0.2) is 0 Å². The highest BCUT2D eigenvalue weighted by atomic mass is 31.2. The van der Waals surface area contributed by atoms with Gasteiger partial charge in [-0.25, -0.2) is 4.57 Å². The van der Waals surface area contributed by atoms with Gasteiger partial charge in [-0.2, -0.15) is 0 Å². The van der Waals surface area contributed by atoms with Crippen LogP contribution in [0.2, 0.25) is 0 Å². The van der Waals surface area contributed by atoms with E-state index < -0.39 is 13.9 Å². The summed E-state index contributed by atoms with van der Waals surface area (Å²) in [7, 11) is 1.69. The van der Waals surface area contributed by atoms with Crippen molar-refractivity contribution in [3.63, 3.8) is 0 Å². The second kappa shape index (κ2) is 55.5. The zero-order chi connectivity index (χ0) is 51.9. The summed E-state index contributed by atoms with van der Waals surface area (Å²) >= 11 is 0. The maximum absolute atomic E-state index is 12.8. The number of quaternary nitrogens is 1. The molecule has 71 heavy (non-hydrogen) atoms. The monoisotopic (exact) mass is 1030 g/mol. The van der Waals surface area contributed by atoms with Gasteiger partial charge in [0.2, 0.25) is 0 Å². The molecule has 0 aromatic carbocycles. The van der Waals surface area contributed by atoms with Gasteiger partial charge in [-0.1, -0.05) is 289 Å². The Balaban J connectivity index is 3.97. The lowest BCUT2D eigenvalue weighted by atomic mass is 10.0. The first-order valence-corrected chi connectivity index (χ1v) is 32.9. The molecule has 2 atom stereocenters. The number of hydrogen-bond donors (Lipinski definition) is 1. The van der Waals surface area contributed by atoms with Crippen molar-refractivity contribution in [1.29, 1.82) is 0 Å². The van der Waals surface area contributed by atoms with Gasteiger partial charge in [-0.15, -0.1) is 0 Å². The van der Waals surface area contributed by atoms with Gasteiger partial charge in [0, 0.05) is 13.0 Å². The summed E-state index contributed by atoms with van der Waals surface area (Å²) in [5.41, 5.74) is 0. The van der Waals surface area contributed by atoms with E-state index in [1.165, 1.54) is 270 Å². The van der Waals surface area contributed by atoms with Crippen LogP contribution in [0.5, 0.6) is 0 Å². The molecule has 0 saturated heterocycles. The Morgan fingerprint density at radius 3 is 1.07 bits per heavy atom. The standard InChI is InChI=1S/C62H124NO7P/c1-6-8-10-12-14-16-18-20-22-24-26-28-30-31-32-34-36-38-40-42-44-46-48-50-52-54-57-67-59-61(60-69-71(65,66)68-58-56-63(3,4)5)70-62(64)55-53-51-49-47-45-43-41-39-37-35-33-29-27-25-23-21-19-17-15-13-11-9-7-2/h24,26,61H,6-23,25,27-60H2,1-5H3/p+1/b26-24-. The van der Waals surface area contributed by atoms with Crippen LogP contribution in [0.4, 0.5) is 0 Å². The molecule has 0 aromatic rings. The van der Waals surface area contributed by atoms with E-state index in [1.807, 2.05) is 21.1 Å². The van der Waals surface area contributed by atoms with E-state index in [-0.39, 0.29) is 25.8 Å². The van der Waals surface area contributed by atoms with Crippen molar-refractivity contribution < 1.29 is 37.3 Å². The van der Waals surface area contributed by atoms with Crippen LogP contribution < -0.4 is 0 Å². The zero-order valence-electron chi connectivity index (χ0n) is 48.5. The van der Waals surface area contributed by atoms with Crippen LogP contribution in [0, 0.1) is 0 Å². The fourth-order valence-corrected chi connectivity index (χ4v) is 10.2. The summed E-state index contributed by atoms with van der Waals surface area (Å²) in [4.78, 5) is 23.1. The summed E-state index contributed by atoms with van der Waals surface area (Å²) in [6.45, 7) is 5.71. The molecule has 0 radical (unpaired) electrons. The van der Waals surface area contributed by atoms with Gasteiger partial charge in [-0.3, -0.25) is 13.8 Å². The fraction of sp³-hybridized carbons (Fsp3) is 0.952. The second-order valence-corrected chi connectivity index (χ2v) is 24.3. The number of carbonyl (C=O) groups excluding carboxylic acids is 1. The lowest BCUT2D eigenvalue weighted by Crippen LogP contribution is -2.37. The largest absolute Gasteiger partial charge is 0.472 e. The molecular formula is C62H125NO7P+. The number of phosphoric ester groups is 1. The number of carbonyl (C=O) groups is 1. The quantitative estimate of drug-likeness (QED) is 0.0213. The number of phosphoric acid groups is 1. The molecule has 0 aromatic heterocycles. The molecule has 0 aliphatic carbocycles. The first-order valence-electron chi connectivity index (χ1n) is 31.4. The van der Waals surface area contributed by atoms with Crippen LogP contribution in [0.3, 0.4) is 0 Å². The van der Waals surface area contributed by atoms with Crippen LogP contribution in [0.25, 0.3) is 0 Å². The van der Waals surface area contributed by atoms with Crippen molar-refractivity contribution in [2.75, 3.05) is 54.1 Å². The maximum Gasteiger partial charge on any atom is 0.472 e. The molecule has 0 amide bonds. The van der Waals surface area contributed by atoms with Crippen molar-refractivity contribution in [3.8, 4) is 0 Å². The number of esters is 1. The van der Waals surface area contributed by atoms with Crippen molar-refractivity contribution in [1.82, 2.24) is 0 Å². The average Bonchev–Trinajstić information content (AvgIpc) is 3.33. The highest BCUT2D eigenvalue weighted by molar-refractivity contribution is 7.47.